The van der Waals surface area contributed by atoms with E-state index in [2.05, 4.69) is 25.3 Å². The molecule has 3 aromatic heterocycles. The van der Waals surface area contributed by atoms with E-state index in [1.165, 1.54) is 0 Å². The molecule has 0 fully saturated rings. The van der Waals surface area contributed by atoms with Crippen LogP contribution in [0.5, 0.6) is 0 Å². The van der Waals surface area contributed by atoms with Crippen LogP contribution in [0.1, 0.15) is 30.3 Å². The standard InChI is InChI=1S/C18H24N8O/c1-4-14-12(2)23-26-16(19)15(20-3)17(22-18(14)26)21-8-6-13-7-10-25(24-13)9-5-11-27/h7,10,27H,4-6,8-9,11,19H2,1-2H3,(H,21,22). The molecule has 0 amide bonds. The number of aryl methyl sites for hydroxylation is 3. The van der Waals surface area contributed by atoms with Crippen LogP contribution in [-0.4, -0.2) is 42.6 Å². The third-order valence-electron chi connectivity index (χ3n) is 4.45. The molecule has 9 nitrogen and oxygen atoms in total. The first kappa shape index (κ1) is 18.7. The van der Waals surface area contributed by atoms with Gasteiger partial charge in [-0.2, -0.15) is 10.2 Å². The highest BCUT2D eigenvalue weighted by atomic mass is 16.3. The highest BCUT2D eigenvalue weighted by Gasteiger charge is 2.18. The summed E-state index contributed by atoms with van der Waals surface area (Å²) >= 11 is 0. The van der Waals surface area contributed by atoms with Crippen molar-refractivity contribution in [2.24, 2.45) is 0 Å². The quantitative estimate of drug-likeness (QED) is 0.524. The Kier molecular flexibility index (Phi) is 5.57. The lowest BCUT2D eigenvalue weighted by atomic mass is 10.2. The smallest absolute Gasteiger partial charge is 0.268 e. The van der Waals surface area contributed by atoms with Gasteiger partial charge in [0.1, 0.15) is 11.6 Å². The minimum Gasteiger partial charge on any atom is -0.396 e. The van der Waals surface area contributed by atoms with Crippen LogP contribution >= 0.6 is 0 Å². The number of nitrogens with zero attached hydrogens (tertiary/aromatic N) is 6. The van der Waals surface area contributed by atoms with Gasteiger partial charge in [-0.05, 0) is 25.8 Å². The number of aliphatic hydroxyl groups is 1. The summed E-state index contributed by atoms with van der Waals surface area (Å²) in [5, 5.41) is 21.0. The molecule has 4 N–H and O–H groups in total. The fourth-order valence-corrected chi connectivity index (χ4v) is 3.06. The second-order valence-corrected chi connectivity index (χ2v) is 6.28. The zero-order valence-corrected chi connectivity index (χ0v) is 15.6. The van der Waals surface area contributed by atoms with Gasteiger partial charge < -0.3 is 16.2 Å². The second kappa shape index (κ2) is 8.05. The minimum atomic E-state index is 0.152. The molecule has 0 radical (unpaired) electrons. The predicted molar refractivity (Wildman–Crippen MR) is 104 cm³/mol. The molecule has 142 valence electrons. The summed E-state index contributed by atoms with van der Waals surface area (Å²) in [6.07, 6.45) is 4.07. The molecule has 3 aromatic rings. The predicted octanol–water partition coefficient (Wildman–Crippen LogP) is 1.97. The highest BCUT2D eigenvalue weighted by molar-refractivity contribution is 5.80. The van der Waals surface area contributed by atoms with E-state index in [-0.39, 0.29) is 12.3 Å². The van der Waals surface area contributed by atoms with Gasteiger partial charge in [-0.15, -0.1) is 0 Å². The van der Waals surface area contributed by atoms with E-state index in [1.54, 1.807) is 4.52 Å². The van der Waals surface area contributed by atoms with Crippen LogP contribution in [0.25, 0.3) is 10.5 Å². The highest BCUT2D eigenvalue weighted by Crippen LogP contribution is 2.32. The average molecular weight is 368 g/mol. The van der Waals surface area contributed by atoms with E-state index in [0.29, 0.717) is 43.2 Å². The van der Waals surface area contributed by atoms with Gasteiger partial charge in [0.25, 0.3) is 5.69 Å². The normalized spacial score (nSPS) is 11.0. The topological polar surface area (TPSA) is 111 Å². The minimum absolute atomic E-state index is 0.152. The number of fused-ring (bicyclic) bond motifs is 1. The molecule has 0 bridgehead atoms. The van der Waals surface area contributed by atoms with Gasteiger partial charge in [0.05, 0.1) is 18.0 Å². The molecule has 0 saturated heterocycles. The summed E-state index contributed by atoms with van der Waals surface area (Å²) in [5.74, 6) is 0.776. The first-order valence-corrected chi connectivity index (χ1v) is 9.01. The van der Waals surface area contributed by atoms with Crippen molar-refractivity contribution in [3.05, 3.63) is 40.6 Å². The SMILES string of the molecule is [C-]#[N+]c1c(NCCc2ccn(CCCO)n2)nc2c(CC)c(C)nn2c1N. The Morgan fingerprint density at radius 3 is 2.89 bits per heavy atom. The summed E-state index contributed by atoms with van der Waals surface area (Å²) in [7, 11) is 0. The molecule has 0 spiro atoms. The monoisotopic (exact) mass is 368 g/mol. The average Bonchev–Trinajstić information content (AvgIpc) is 3.24. The number of hydrogen-bond donors (Lipinski definition) is 3. The molecule has 9 heteroatoms. The molecule has 0 aromatic carbocycles. The zero-order valence-electron chi connectivity index (χ0n) is 15.6. The Hall–Kier alpha value is -3.12. The number of anilines is 2. The fourth-order valence-electron chi connectivity index (χ4n) is 3.06. The number of hydrogen-bond acceptors (Lipinski definition) is 6. The third kappa shape index (κ3) is 3.71. The van der Waals surface area contributed by atoms with Gasteiger partial charge in [0.15, 0.2) is 5.65 Å². The van der Waals surface area contributed by atoms with Crippen molar-refractivity contribution in [1.29, 1.82) is 0 Å². The van der Waals surface area contributed by atoms with E-state index in [0.717, 1.165) is 23.4 Å². The Balaban J connectivity index is 1.78. The summed E-state index contributed by atoms with van der Waals surface area (Å²) in [6.45, 7) is 12.9. The van der Waals surface area contributed by atoms with Crippen LogP contribution in [-0.2, 0) is 19.4 Å². The second-order valence-electron chi connectivity index (χ2n) is 6.28. The molecular formula is C18H24N8O. The maximum absolute atomic E-state index is 8.89. The summed E-state index contributed by atoms with van der Waals surface area (Å²) in [6, 6.07) is 1.95. The van der Waals surface area contributed by atoms with Crippen molar-refractivity contribution >= 4 is 23.0 Å². The number of nitrogens with two attached hydrogens (primary N) is 1. The third-order valence-corrected chi connectivity index (χ3v) is 4.45. The van der Waals surface area contributed by atoms with Gasteiger partial charge in [-0.1, -0.05) is 6.92 Å². The number of aliphatic hydroxyl groups excluding tert-OH is 1. The van der Waals surface area contributed by atoms with Gasteiger partial charge in [0.2, 0.25) is 0 Å². The van der Waals surface area contributed by atoms with Crippen LogP contribution < -0.4 is 11.1 Å². The van der Waals surface area contributed by atoms with Crippen LogP contribution in [0.3, 0.4) is 0 Å². The van der Waals surface area contributed by atoms with E-state index in [9.17, 15) is 0 Å². The number of nitrogen functional groups attached to an aromatic ring is 1. The summed E-state index contributed by atoms with van der Waals surface area (Å²) < 4.78 is 3.37. The maximum Gasteiger partial charge on any atom is 0.268 e. The Bertz CT molecular complexity index is 982. The largest absolute Gasteiger partial charge is 0.396 e. The molecule has 3 heterocycles. The maximum atomic E-state index is 8.89. The van der Waals surface area contributed by atoms with E-state index >= 15 is 0 Å². The van der Waals surface area contributed by atoms with Crippen LogP contribution in [0.15, 0.2) is 12.3 Å². The molecule has 0 saturated carbocycles. The van der Waals surface area contributed by atoms with Crippen molar-refractivity contribution < 1.29 is 5.11 Å². The molecule has 0 aliphatic heterocycles. The number of nitrogens with one attached hydrogen (secondary N) is 1. The van der Waals surface area contributed by atoms with Crippen molar-refractivity contribution in [3.8, 4) is 0 Å². The van der Waals surface area contributed by atoms with Crippen molar-refractivity contribution in [2.75, 3.05) is 24.2 Å². The van der Waals surface area contributed by atoms with Crippen LogP contribution in [0.2, 0.25) is 0 Å². The Morgan fingerprint density at radius 1 is 1.37 bits per heavy atom. The summed E-state index contributed by atoms with van der Waals surface area (Å²) in [4.78, 5) is 8.16. The fraction of sp³-hybridized carbons (Fsp3) is 0.444. The van der Waals surface area contributed by atoms with E-state index in [4.69, 9.17) is 17.4 Å². The number of rotatable bonds is 8. The zero-order chi connectivity index (χ0) is 19.4. The Labute approximate surface area is 157 Å². The molecule has 0 aliphatic rings. The summed E-state index contributed by atoms with van der Waals surface area (Å²) in [5.41, 5.74) is 9.98. The first-order chi connectivity index (χ1) is 13.1. The van der Waals surface area contributed by atoms with Crippen LogP contribution in [0, 0.1) is 13.5 Å². The molecule has 3 rings (SSSR count). The molecule has 27 heavy (non-hydrogen) atoms. The van der Waals surface area contributed by atoms with E-state index < -0.39 is 0 Å². The lowest BCUT2D eigenvalue weighted by molar-refractivity contribution is 0.277. The van der Waals surface area contributed by atoms with Gasteiger partial charge in [-0.25, -0.2) is 14.3 Å². The lowest BCUT2D eigenvalue weighted by Crippen LogP contribution is -2.10. The molecule has 0 aliphatic carbocycles. The van der Waals surface area contributed by atoms with Crippen molar-refractivity contribution in [3.63, 3.8) is 0 Å². The molecule has 0 atom stereocenters. The van der Waals surface area contributed by atoms with E-state index in [1.807, 2.05) is 30.8 Å². The van der Waals surface area contributed by atoms with Gasteiger partial charge in [-0.3, -0.25) is 4.68 Å². The first-order valence-electron chi connectivity index (χ1n) is 9.01. The molecular weight excluding hydrogens is 344 g/mol. The number of aromatic nitrogens is 5. The molecule has 0 unspecified atom stereocenters. The van der Waals surface area contributed by atoms with Gasteiger partial charge >= 0.3 is 0 Å². The van der Waals surface area contributed by atoms with Gasteiger partial charge in [0, 0.05) is 37.9 Å². The van der Waals surface area contributed by atoms with Crippen molar-refractivity contribution in [1.82, 2.24) is 24.4 Å². The Morgan fingerprint density at radius 2 is 2.19 bits per heavy atom. The lowest BCUT2D eigenvalue weighted by Gasteiger charge is -2.10. The van der Waals surface area contributed by atoms with Crippen LogP contribution in [0.4, 0.5) is 17.3 Å². The van der Waals surface area contributed by atoms with Crippen molar-refractivity contribution in [2.45, 2.75) is 39.7 Å².